The number of nitrogens with zero attached hydrogens (tertiary/aromatic N) is 1. The third kappa shape index (κ3) is 5.16. The Bertz CT molecular complexity index is 903. The van der Waals surface area contributed by atoms with Gasteiger partial charge in [0.25, 0.3) is 5.91 Å². The Hall–Kier alpha value is -3.17. The van der Waals surface area contributed by atoms with E-state index in [1.807, 2.05) is 13.0 Å². The lowest BCUT2D eigenvalue weighted by Gasteiger charge is -2.10. The number of hydrogen-bond donors (Lipinski definition) is 1. The van der Waals surface area contributed by atoms with E-state index in [2.05, 4.69) is 5.32 Å². The van der Waals surface area contributed by atoms with Gasteiger partial charge in [0.1, 0.15) is 17.4 Å². The molecule has 0 bridgehead atoms. The minimum absolute atomic E-state index is 0.0606. The van der Waals surface area contributed by atoms with Crippen LogP contribution in [0, 0.1) is 11.3 Å². The molecule has 7 heteroatoms. The van der Waals surface area contributed by atoms with Crippen LogP contribution in [0.3, 0.4) is 0 Å². The number of hydrogen-bond acceptors (Lipinski definition) is 5. The van der Waals surface area contributed by atoms with Gasteiger partial charge in [-0.3, -0.25) is 4.79 Å². The Morgan fingerprint density at radius 3 is 2.44 bits per heavy atom. The van der Waals surface area contributed by atoms with Gasteiger partial charge in [-0.25, -0.2) is 0 Å². The molecule has 0 atom stereocenters. The normalized spacial score (nSPS) is 10.7. The summed E-state index contributed by atoms with van der Waals surface area (Å²) in [5, 5.41) is 12.4. The first-order valence-electron chi connectivity index (χ1n) is 8.09. The molecule has 0 spiro atoms. The van der Waals surface area contributed by atoms with Crippen LogP contribution in [0.15, 0.2) is 42.0 Å². The topological polar surface area (TPSA) is 80.6 Å². The summed E-state index contributed by atoms with van der Waals surface area (Å²) in [5.74, 6) is 1.05. The van der Waals surface area contributed by atoms with Crippen molar-refractivity contribution in [2.45, 2.75) is 6.92 Å². The molecule has 0 aliphatic rings. The maximum atomic E-state index is 12.4. The van der Waals surface area contributed by atoms with E-state index in [0.29, 0.717) is 40.1 Å². The fraction of sp³-hybridized carbons (Fsp3) is 0.200. The molecule has 0 aromatic heterocycles. The second-order valence-corrected chi connectivity index (χ2v) is 5.72. The number of anilines is 1. The fourth-order valence-corrected chi connectivity index (χ4v) is 2.57. The zero-order valence-corrected chi connectivity index (χ0v) is 16.0. The molecular weight excluding hydrogens is 368 g/mol. The predicted octanol–water partition coefficient (Wildman–Crippen LogP) is 4.30. The van der Waals surface area contributed by atoms with Crippen molar-refractivity contribution in [1.29, 1.82) is 5.26 Å². The molecule has 0 radical (unpaired) electrons. The Morgan fingerprint density at radius 1 is 1.15 bits per heavy atom. The number of benzene rings is 2. The largest absolute Gasteiger partial charge is 0.495 e. The molecule has 1 amide bonds. The molecule has 0 heterocycles. The molecule has 0 unspecified atom stereocenters. The summed E-state index contributed by atoms with van der Waals surface area (Å²) in [7, 11) is 3.04. The lowest BCUT2D eigenvalue weighted by molar-refractivity contribution is -0.112. The van der Waals surface area contributed by atoms with Crippen LogP contribution in [0.25, 0.3) is 6.08 Å². The molecule has 0 saturated heterocycles. The average molecular weight is 387 g/mol. The van der Waals surface area contributed by atoms with E-state index in [1.165, 1.54) is 13.2 Å². The molecule has 0 aliphatic carbocycles. The van der Waals surface area contributed by atoms with Gasteiger partial charge in [0.15, 0.2) is 11.5 Å². The first kappa shape index (κ1) is 20.1. The summed E-state index contributed by atoms with van der Waals surface area (Å²) >= 11 is 6.05. The Morgan fingerprint density at radius 2 is 1.85 bits per heavy atom. The van der Waals surface area contributed by atoms with Crippen LogP contribution in [0.1, 0.15) is 12.5 Å². The summed E-state index contributed by atoms with van der Waals surface area (Å²) < 4.78 is 15.8. The van der Waals surface area contributed by atoms with Crippen molar-refractivity contribution in [2.75, 3.05) is 26.1 Å². The van der Waals surface area contributed by atoms with Gasteiger partial charge < -0.3 is 19.5 Å². The summed E-state index contributed by atoms with van der Waals surface area (Å²) in [6.45, 7) is 2.32. The average Bonchev–Trinajstić information content (AvgIpc) is 2.66. The van der Waals surface area contributed by atoms with Gasteiger partial charge in [-0.2, -0.15) is 5.26 Å². The quantitative estimate of drug-likeness (QED) is 0.566. The monoisotopic (exact) mass is 386 g/mol. The minimum Gasteiger partial charge on any atom is -0.495 e. The van der Waals surface area contributed by atoms with Gasteiger partial charge in [0, 0.05) is 5.69 Å². The molecule has 140 valence electrons. The second kappa shape index (κ2) is 9.51. The minimum atomic E-state index is -0.549. The van der Waals surface area contributed by atoms with Crippen molar-refractivity contribution in [3.8, 4) is 23.3 Å². The van der Waals surface area contributed by atoms with E-state index < -0.39 is 5.91 Å². The molecule has 2 aromatic rings. The number of carbonyl (C=O) groups excluding carboxylic acids is 1. The van der Waals surface area contributed by atoms with Crippen molar-refractivity contribution in [3.05, 3.63) is 52.6 Å². The van der Waals surface area contributed by atoms with Crippen molar-refractivity contribution in [2.24, 2.45) is 0 Å². The third-order valence-electron chi connectivity index (χ3n) is 3.57. The van der Waals surface area contributed by atoms with Gasteiger partial charge in [-0.15, -0.1) is 0 Å². The number of halogens is 1. The molecule has 6 nitrogen and oxygen atoms in total. The maximum absolute atomic E-state index is 12.4. The van der Waals surface area contributed by atoms with Gasteiger partial charge in [-0.05, 0) is 48.9 Å². The second-order valence-electron chi connectivity index (χ2n) is 5.32. The van der Waals surface area contributed by atoms with Crippen LogP contribution in [-0.2, 0) is 4.79 Å². The van der Waals surface area contributed by atoms with Gasteiger partial charge in [-0.1, -0.05) is 17.7 Å². The summed E-state index contributed by atoms with van der Waals surface area (Å²) in [6.07, 6.45) is 1.47. The zero-order chi connectivity index (χ0) is 19.8. The number of ether oxygens (including phenoxy) is 3. The van der Waals surface area contributed by atoms with Crippen molar-refractivity contribution in [1.82, 2.24) is 0 Å². The van der Waals surface area contributed by atoms with Gasteiger partial charge >= 0.3 is 0 Å². The summed E-state index contributed by atoms with van der Waals surface area (Å²) in [4.78, 5) is 12.4. The molecule has 27 heavy (non-hydrogen) atoms. The fourth-order valence-electron chi connectivity index (χ4n) is 2.31. The van der Waals surface area contributed by atoms with Crippen LogP contribution < -0.4 is 19.5 Å². The molecular formula is C20H19ClN2O4. The number of carbonyl (C=O) groups is 1. The van der Waals surface area contributed by atoms with E-state index in [4.69, 9.17) is 25.8 Å². The third-order valence-corrected chi connectivity index (χ3v) is 3.87. The molecule has 2 rings (SSSR count). The number of nitriles is 1. The van der Waals surface area contributed by atoms with E-state index in [1.54, 1.807) is 43.5 Å². The summed E-state index contributed by atoms with van der Waals surface area (Å²) in [5.41, 5.74) is 1.03. The van der Waals surface area contributed by atoms with Crippen LogP contribution in [0.2, 0.25) is 5.02 Å². The van der Waals surface area contributed by atoms with Crippen LogP contribution in [-0.4, -0.2) is 26.7 Å². The molecule has 0 fully saturated rings. The SMILES string of the molecule is CCOc1cc(/C=C(\C#N)C(=O)Nc2ccc(OC)c(Cl)c2)ccc1OC. The Balaban J connectivity index is 2.25. The van der Waals surface area contributed by atoms with Gasteiger partial charge in [0.2, 0.25) is 0 Å². The molecule has 2 aromatic carbocycles. The van der Waals surface area contributed by atoms with Crippen LogP contribution in [0.4, 0.5) is 5.69 Å². The number of methoxy groups -OCH3 is 2. The Kier molecular flexibility index (Phi) is 7.09. The highest BCUT2D eigenvalue weighted by atomic mass is 35.5. The zero-order valence-electron chi connectivity index (χ0n) is 15.2. The van der Waals surface area contributed by atoms with E-state index >= 15 is 0 Å². The lowest BCUT2D eigenvalue weighted by Crippen LogP contribution is -2.13. The highest BCUT2D eigenvalue weighted by Gasteiger charge is 2.12. The smallest absolute Gasteiger partial charge is 0.266 e. The van der Waals surface area contributed by atoms with E-state index in [0.717, 1.165) is 0 Å². The van der Waals surface area contributed by atoms with Crippen molar-refractivity contribution < 1.29 is 19.0 Å². The number of rotatable bonds is 7. The summed E-state index contributed by atoms with van der Waals surface area (Å²) in [6, 6.07) is 11.9. The van der Waals surface area contributed by atoms with E-state index in [-0.39, 0.29) is 5.57 Å². The Labute approximate surface area is 162 Å². The van der Waals surface area contributed by atoms with Crippen molar-refractivity contribution >= 4 is 29.3 Å². The first-order chi connectivity index (χ1) is 13.0. The molecule has 0 saturated carbocycles. The van der Waals surface area contributed by atoms with Gasteiger partial charge in [0.05, 0.1) is 25.8 Å². The predicted molar refractivity (Wildman–Crippen MR) is 104 cm³/mol. The lowest BCUT2D eigenvalue weighted by atomic mass is 10.1. The number of amides is 1. The molecule has 1 N–H and O–H groups in total. The van der Waals surface area contributed by atoms with Crippen LogP contribution in [0.5, 0.6) is 17.2 Å². The highest BCUT2D eigenvalue weighted by Crippen LogP contribution is 2.29. The first-order valence-corrected chi connectivity index (χ1v) is 8.47. The highest BCUT2D eigenvalue weighted by molar-refractivity contribution is 6.32. The standard InChI is InChI=1S/C20H19ClN2O4/c1-4-27-19-10-13(5-7-18(19)26-3)9-14(12-22)20(24)23-15-6-8-17(25-2)16(21)11-15/h5-11H,4H2,1-3H3,(H,23,24)/b14-9+. The van der Waals surface area contributed by atoms with E-state index in [9.17, 15) is 10.1 Å². The maximum Gasteiger partial charge on any atom is 0.266 e. The molecule has 0 aliphatic heterocycles. The van der Waals surface area contributed by atoms with Crippen molar-refractivity contribution in [3.63, 3.8) is 0 Å². The number of nitrogens with one attached hydrogen (secondary N) is 1. The van der Waals surface area contributed by atoms with Crippen LogP contribution >= 0.6 is 11.6 Å².